The Morgan fingerprint density at radius 2 is 2.12 bits per heavy atom. The van der Waals surface area contributed by atoms with Crippen LogP contribution in [0.4, 0.5) is 0 Å². The van der Waals surface area contributed by atoms with Gasteiger partial charge in [0, 0.05) is 23.5 Å². The molecule has 0 spiro atoms. The van der Waals surface area contributed by atoms with E-state index in [0.29, 0.717) is 22.5 Å². The van der Waals surface area contributed by atoms with Crippen molar-refractivity contribution in [3.05, 3.63) is 40.1 Å². The molecule has 3 rings (SSSR count). The lowest BCUT2D eigenvalue weighted by Crippen LogP contribution is -2.25. The summed E-state index contributed by atoms with van der Waals surface area (Å²) < 4.78 is 3.23. The smallest absolute Gasteiger partial charge is 0.276 e. The second-order valence-electron chi connectivity index (χ2n) is 7.13. The number of H-pyrrole nitrogens is 1. The normalized spacial score (nSPS) is 12.0. The van der Waals surface area contributed by atoms with E-state index in [1.165, 1.54) is 10.7 Å². The second kappa shape index (κ2) is 5.88. The van der Waals surface area contributed by atoms with Crippen molar-refractivity contribution in [2.24, 2.45) is 0 Å². The molecule has 0 saturated heterocycles. The largest absolute Gasteiger partial charge is 0.295 e. The third-order valence-corrected chi connectivity index (χ3v) is 4.74. The van der Waals surface area contributed by atoms with Crippen LogP contribution >= 0.6 is 0 Å². The fourth-order valence-corrected chi connectivity index (χ4v) is 2.79. The van der Waals surface area contributed by atoms with Gasteiger partial charge in [-0.1, -0.05) is 20.8 Å². The van der Waals surface area contributed by atoms with Crippen LogP contribution in [0, 0.1) is 11.3 Å². The molecule has 3 aromatic heterocycles. The van der Waals surface area contributed by atoms with E-state index in [4.69, 9.17) is 0 Å². The Labute approximate surface area is 145 Å². The zero-order valence-corrected chi connectivity index (χ0v) is 15.2. The van der Waals surface area contributed by atoms with Crippen molar-refractivity contribution in [2.75, 3.05) is 0 Å². The summed E-state index contributed by atoms with van der Waals surface area (Å²) in [5.41, 5.74) is 2.37. The third-order valence-electron chi connectivity index (χ3n) is 4.74. The highest BCUT2D eigenvalue weighted by Crippen LogP contribution is 2.28. The van der Waals surface area contributed by atoms with Crippen LogP contribution < -0.4 is 5.56 Å². The van der Waals surface area contributed by atoms with Gasteiger partial charge in [0.05, 0.1) is 17.4 Å². The molecule has 25 heavy (non-hydrogen) atoms. The number of fused-ring (bicyclic) bond motifs is 1. The van der Waals surface area contributed by atoms with Crippen molar-refractivity contribution in [3.63, 3.8) is 0 Å². The van der Waals surface area contributed by atoms with Gasteiger partial charge in [0.25, 0.3) is 5.56 Å². The van der Waals surface area contributed by atoms with Crippen LogP contribution in [0.15, 0.2) is 23.4 Å². The maximum absolute atomic E-state index is 12.9. The summed E-state index contributed by atoms with van der Waals surface area (Å²) >= 11 is 0. The highest BCUT2D eigenvalue weighted by molar-refractivity contribution is 5.67. The average molecular weight is 338 g/mol. The Morgan fingerprint density at radius 1 is 1.40 bits per heavy atom. The minimum atomic E-state index is -0.181. The zero-order valence-electron chi connectivity index (χ0n) is 15.2. The Hall–Kier alpha value is -2.88. The number of hydrogen-bond donors (Lipinski definition) is 1. The number of nitrogens with one attached hydrogen (secondary N) is 1. The SMILES string of the molecule is CCC(C)(C)n1cc(-c2nc3c(C#N)c[nH]n3c(=O)c2C(C)C)cn1. The fraction of sp³-hybridized carbons (Fsp3) is 0.444. The molecule has 0 amide bonds. The second-order valence-corrected chi connectivity index (χ2v) is 7.13. The molecule has 7 heteroatoms. The van der Waals surface area contributed by atoms with Crippen molar-refractivity contribution in [1.82, 2.24) is 24.4 Å². The van der Waals surface area contributed by atoms with Gasteiger partial charge in [-0.15, -0.1) is 0 Å². The molecule has 3 heterocycles. The predicted molar refractivity (Wildman–Crippen MR) is 95.5 cm³/mol. The van der Waals surface area contributed by atoms with Crippen LogP contribution in [-0.4, -0.2) is 24.4 Å². The maximum Gasteiger partial charge on any atom is 0.276 e. The van der Waals surface area contributed by atoms with E-state index in [1.807, 2.05) is 24.7 Å². The number of nitriles is 1. The van der Waals surface area contributed by atoms with Crippen molar-refractivity contribution in [3.8, 4) is 17.3 Å². The van der Waals surface area contributed by atoms with Crippen LogP contribution in [-0.2, 0) is 5.54 Å². The third kappa shape index (κ3) is 2.64. The molecule has 0 unspecified atom stereocenters. The average Bonchev–Trinajstić information content (AvgIpc) is 3.21. The predicted octanol–water partition coefficient (Wildman–Crippen LogP) is 3.03. The summed E-state index contributed by atoms with van der Waals surface area (Å²) in [5.74, 6) is -0.0109. The lowest BCUT2D eigenvalue weighted by molar-refractivity contribution is 0.308. The minimum absolute atomic E-state index is 0.0109. The summed E-state index contributed by atoms with van der Waals surface area (Å²) in [5, 5.41) is 16.5. The topological polar surface area (TPSA) is 91.8 Å². The molecule has 0 aliphatic carbocycles. The van der Waals surface area contributed by atoms with Gasteiger partial charge < -0.3 is 0 Å². The van der Waals surface area contributed by atoms with Gasteiger partial charge in [0.1, 0.15) is 11.6 Å². The number of aromatic nitrogens is 5. The van der Waals surface area contributed by atoms with E-state index in [0.717, 1.165) is 12.0 Å². The van der Waals surface area contributed by atoms with Gasteiger partial charge in [0.15, 0.2) is 5.65 Å². The molecule has 130 valence electrons. The monoisotopic (exact) mass is 338 g/mol. The van der Waals surface area contributed by atoms with Gasteiger partial charge >= 0.3 is 0 Å². The van der Waals surface area contributed by atoms with Crippen LogP contribution in [0.3, 0.4) is 0 Å². The lowest BCUT2D eigenvalue weighted by Gasteiger charge is -2.23. The van der Waals surface area contributed by atoms with Crippen LogP contribution in [0.25, 0.3) is 16.9 Å². The number of hydrogen-bond acceptors (Lipinski definition) is 4. The molecule has 0 fully saturated rings. The summed E-state index contributed by atoms with van der Waals surface area (Å²) in [6, 6.07) is 2.07. The van der Waals surface area contributed by atoms with Crippen molar-refractivity contribution >= 4 is 5.65 Å². The minimum Gasteiger partial charge on any atom is -0.295 e. The number of nitrogens with zero attached hydrogens (tertiary/aromatic N) is 5. The Kier molecular flexibility index (Phi) is 3.99. The zero-order chi connectivity index (χ0) is 18.4. The van der Waals surface area contributed by atoms with Gasteiger partial charge in [-0.2, -0.15) is 10.4 Å². The van der Waals surface area contributed by atoms with Gasteiger partial charge in [-0.25, -0.2) is 9.50 Å². The number of aromatic amines is 1. The highest BCUT2D eigenvalue weighted by Gasteiger charge is 2.23. The van der Waals surface area contributed by atoms with Crippen LogP contribution in [0.5, 0.6) is 0 Å². The standard InChI is InChI=1S/C18H22N6O/c1-6-18(4,5)23-10-13(9-20-23)15-14(11(2)3)17(25)24-16(22-15)12(7-19)8-21-24/h8-11,21H,6H2,1-5H3. The molecule has 0 saturated carbocycles. The van der Waals surface area contributed by atoms with Crippen LogP contribution in [0.1, 0.15) is 58.1 Å². The maximum atomic E-state index is 12.9. The van der Waals surface area contributed by atoms with Crippen molar-refractivity contribution in [1.29, 1.82) is 5.26 Å². The van der Waals surface area contributed by atoms with E-state index >= 15 is 0 Å². The molecule has 0 atom stereocenters. The van der Waals surface area contributed by atoms with E-state index < -0.39 is 0 Å². The van der Waals surface area contributed by atoms with Gasteiger partial charge in [0.2, 0.25) is 0 Å². The van der Waals surface area contributed by atoms with Gasteiger partial charge in [-0.05, 0) is 26.2 Å². The molecule has 1 N–H and O–H groups in total. The summed E-state index contributed by atoms with van der Waals surface area (Å²) in [6.45, 7) is 10.2. The first kappa shape index (κ1) is 17.0. The van der Waals surface area contributed by atoms with E-state index in [2.05, 4.69) is 42.0 Å². The number of rotatable bonds is 4. The van der Waals surface area contributed by atoms with Crippen molar-refractivity contribution < 1.29 is 0 Å². The Balaban J connectivity index is 2.30. The first-order valence-electron chi connectivity index (χ1n) is 8.39. The molecule has 0 aromatic carbocycles. The lowest BCUT2D eigenvalue weighted by atomic mass is 9.99. The van der Waals surface area contributed by atoms with E-state index in [1.54, 1.807) is 6.20 Å². The summed E-state index contributed by atoms with van der Waals surface area (Å²) in [4.78, 5) is 17.5. The molecule has 0 radical (unpaired) electrons. The first-order chi connectivity index (χ1) is 11.8. The van der Waals surface area contributed by atoms with Gasteiger partial charge in [-0.3, -0.25) is 14.6 Å². The molecule has 3 aromatic rings. The molecule has 0 aliphatic heterocycles. The summed E-state index contributed by atoms with van der Waals surface area (Å²) in [7, 11) is 0. The Morgan fingerprint density at radius 3 is 2.72 bits per heavy atom. The van der Waals surface area contributed by atoms with Crippen LogP contribution in [0.2, 0.25) is 0 Å². The fourth-order valence-electron chi connectivity index (χ4n) is 2.79. The Bertz CT molecular complexity index is 1030. The molecular weight excluding hydrogens is 316 g/mol. The first-order valence-corrected chi connectivity index (χ1v) is 8.39. The van der Waals surface area contributed by atoms with E-state index in [-0.39, 0.29) is 17.0 Å². The summed E-state index contributed by atoms with van der Waals surface area (Å²) in [6.07, 6.45) is 6.09. The quantitative estimate of drug-likeness (QED) is 0.791. The van der Waals surface area contributed by atoms with E-state index in [9.17, 15) is 10.1 Å². The highest BCUT2D eigenvalue weighted by atomic mass is 16.1. The molecule has 0 aliphatic rings. The molecule has 0 bridgehead atoms. The molecule has 7 nitrogen and oxygen atoms in total. The van der Waals surface area contributed by atoms with Crippen molar-refractivity contribution in [2.45, 2.75) is 52.5 Å². The molecular formula is C18H22N6O.